The van der Waals surface area contributed by atoms with E-state index in [1.165, 1.54) is 0 Å². The van der Waals surface area contributed by atoms with E-state index in [2.05, 4.69) is 10.3 Å². The Balaban J connectivity index is 2.04. The maximum Gasteiger partial charge on any atom is 0.408 e. The van der Waals surface area contributed by atoms with Crippen LogP contribution in [0.3, 0.4) is 0 Å². The molecule has 0 fully saturated rings. The van der Waals surface area contributed by atoms with Crippen LogP contribution in [-0.4, -0.2) is 26.2 Å². The quantitative estimate of drug-likeness (QED) is 0.762. The van der Waals surface area contributed by atoms with Gasteiger partial charge in [-0.05, 0) is 58.4 Å². The van der Waals surface area contributed by atoms with E-state index in [1.807, 2.05) is 75.6 Å². The zero-order valence-electron chi connectivity index (χ0n) is 15.8. The number of amides is 1. The fraction of sp³-hybridized carbons (Fsp3) is 0.350. The van der Waals surface area contributed by atoms with Gasteiger partial charge in [-0.2, -0.15) is 0 Å². The zero-order valence-corrected chi connectivity index (χ0v) is 15.8. The summed E-state index contributed by atoms with van der Waals surface area (Å²) < 4.78 is 7.36. The lowest BCUT2D eigenvalue weighted by Gasteiger charge is -2.22. The second-order valence-corrected chi connectivity index (χ2v) is 7.31. The Morgan fingerprint density at radius 1 is 1.19 bits per heavy atom. The van der Waals surface area contributed by atoms with Gasteiger partial charge in [0.25, 0.3) is 0 Å². The molecule has 0 spiro atoms. The first kappa shape index (κ1) is 17.9. The molecule has 0 saturated carbocycles. The zero-order chi connectivity index (χ0) is 18.9. The van der Waals surface area contributed by atoms with Crippen molar-refractivity contribution >= 4 is 17.3 Å². The average molecular weight is 352 g/mol. The van der Waals surface area contributed by atoms with Gasteiger partial charge < -0.3 is 10.1 Å². The van der Waals surface area contributed by atoms with Crippen molar-refractivity contribution in [2.45, 2.75) is 46.3 Å². The Morgan fingerprint density at radius 3 is 2.62 bits per heavy atom. The van der Waals surface area contributed by atoms with Crippen molar-refractivity contribution in [1.82, 2.24) is 19.9 Å². The van der Waals surface area contributed by atoms with Crippen molar-refractivity contribution in [3.05, 3.63) is 54.0 Å². The largest absolute Gasteiger partial charge is 0.444 e. The number of benzene rings is 1. The molecule has 3 rings (SSSR count). The van der Waals surface area contributed by atoms with Gasteiger partial charge in [-0.25, -0.2) is 14.8 Å². The number of alkyl carbamates (subject to hydrolysis) is 1. The van der Waals surface area contributed by atoms with Gasteiger partial charge in [0.15, 0.2) is 5.65 Å². The molecule has 2 aromatic heterocycles. The van der Waals surface area contributed by atoms with Gasteiger partial charge >= 0.3 is 6.09 Å². The summed E-state index contributed by atoms with van der Waals surface area (Å²) in [4.78, 5) is 21.4. The average Bonchev–Trinajstić information content (AvgIpc) is 2.93. The van der Waals surface area contributed by atoms with Crippen LogP contribution in [0.5, 0.6) is 0 Å². The van der Waals surface area contributed by atoms with Gasteiger partial charge in [-0.1, -0.05) is 18.2 Å². The molecular weight excluding hydrogens is 328 g/mol. The molecule has 26 heavy (non-hydrogen) atoms. The smallest absolute Gasteiger partial charge is 0.408 e. The van der Waals surface area contributed by atoms with Gasteiger partial charge in [0.2, 0.25) is 0 Å². The van der Waals surface area contributed by atoms with E-state index in [-0.39, 0.29) is 6.04 Å². The number of hydrogen-bond donors (Lipinski definition) is 1. The molecule has 0 aliphatic rings. The minimum absolute atomic E-state index is 0.348. The van der Waals surface area contributed by atoms with Gasteiger partial charge in [0.05, 0.1) is 11.7 Å². The highest BCUT2D eigenvalue weighted by atomic mass is 16.6. The van der Waals surface area contributed by atoms with Crippen LogP contribution in [0.4, 0.5) is 4.79 Å². The van der Waals surface area contributed by atoms with Crippen molar-refractivity contribution in [3.8, 4) is 5.69 Å². The number of hydrogen-bond acceptors (Lipinski definition) is 4. The summed E-state index contributed by atoms with van der Waals surface area (Å²) in [5.74, 6) is 0.707. The molecule has 136 valence electrons. The Kier molecular flexibility index (Phi) is 4.68. The molecule has 1 N–H and O–H groups in total. The molecule has 0 aliphatic heterocycles. The van der Waals surface area contributed by atoms with Crippen LogP contribution in [-0.2, 0) is 4.74 Å². The normalized spacial score (nSPS) is 12.8. The number of imidazole rings is 1. The molecule has 6 nitrogen and oxygen atoms in total. The van der Waals surface area contributed by atoms with E-state index >= 15 is 0 Å². The second-order valence-electron chi connectivity index (χ2n) is 7.31. The molecule has 2 heterocycles. The van der Waals surface area contributed by atoms with Crippen LogP contribution in [0.25, 0.3) is 16.9 Å². The predicted octanol–water partition coefficient (Wildman–Crippen LogP) is 4.31. The Bertz CT molecular complexity index is 940. The lowest BCUT2D eigenvalue weighted by atomic mass is 10.2. The van der Waals surface area contributed by atoms with Crippen molar-refractivity contribution in [2.75, 3.05) is 0 Å². The Hall–Kier alpha value is -2.89. The van der Waals surface area contributed by atoms with Crippen LogP contribution in [0.2, 0.25) is 0 Å². The first-order valence-corrected chi connectivity index (χ1v) is 8.65. The second kappa shape index (κ2) is 6.78. The van der Waals surface area contributed by atoms with E-state index in [4.69, 9.17) is 9.72 Å². The number of nitrogens with one attached hydrogen (secondary N) is 1. The van der Waals surface area contributed by atoms with E-state index in [0.29, 0.717) is 5.82 Å². The summed E-state index contributed by atoms with van der Waals surface area (Å²) in [6.45, 7) is 9.44. The van der Waals surface area contributed by atoms with Crippen molar-refractivity contribution in [3.63, 3.8) is 0 Å². The van der Waals surface area contributed by atoms with E-state index in [9.17, 15) is 4.79 Å². The predicted molar refractivity (Wildman–Crippen MR) is 101 cm³/mol. The molecule has 1 aromatic carbocycles. The molecule has 6 heteroatoms. The third-order valence-corrected chi connectivity index (χ3v) is 3.92. The Morgan fingerprint density at radius 2 is 1.92 bits per heavy atom. The monoisotopic (exact) mass is 352 g/mol. The minimum Gasteiger partial charge on any atom is -0.444 e. The Labute approximate surface area is 153 Å². The van der Waals surface area contributed by atoms with E-state index in [0.717, 1.165) is 22.4 Å². The molecule has 0 unspecified atom stereocenters. The van der Waals surface area contributed by atoms with Gasteiger partial charge in [-0.3, -0.25) is 4.57 Å². The molecule has 0 bridgehead atoms. The maximum absolute atomic E-state index is 12.2. The summed E-state index contributed by atoms with van der Waals surface area (Å²) in [5.41, 5.74) is 3.07. The lowest BCUT2D eigenvalue weighted by Crippen LogP contribution is -2.34. The van der Waals surface area contributed by atoms with E-state index in [1.54, 1.807) is 6.20 Å². The highest BCUT2D eigenvalue weighted by molar-refractivity contribution is 5.75. The van der Waals surface area contributed by atoms with Gasteiger partial charge in [-0.15, -0.1) is 0 Å². The number of ether oxygens (including phenoxy) is 1. The summed E-state index contributed by atoms with van der Waals surface area (Å²) in [6.07, 6.45) is 1.27. The van der Waals surface area contributed by atoms with Crippen LogP contribution in [0, 0.1) is 6.92 Å². The molecular formula is C20H24N4O2. The first-order valence-electron chi connectivity index (χ1n) is 8.65. The summed E-state index contributed by atoms with van der Waals surface area (Å²) >= 11 is 0. The number of carbonyl (C=O) groups is 1. The fourth-order valence-electron chi connectivity index (χ4n) is 2.82. The topological polar surface area (TPSA) is 69.0 Å². The SMILES string of the molecule is Cc1ccccc1-n1c([C@H](C)NC(=O)OC(C)(C)C)nc2cccnc21. The van der Waals surface area contributed by atoms with Gasteiger partial charge in [0.1, 0.15) is 16.9 Å². The first-order chi connectivity index (χ1) is 12.3. The lowest BCUT2D eigenvalue weighted by molar-refractivity contribution is 0.0505. The summed E-state index contributed by atoms with van der Waals surface area (Å²) in [6, 6.07) is 11.5. The van der Waals surface area contributed by atoms with Crippen molar-refractivity contribution < 1.29 is 9.53 Å². The van der Waals surface area contributed by atoms with Crippen LogP contribution in [0.1, 0.15) is 45.1 Å². The molecule has 1 atom stereocenters. The van der Waals surface area contributed by atoms with Gasteiger partial charge in [0, 0.05) is 6.20 Å². The molecule has 3 aromatic rings. The number of rotatable bonds is 3. The van der Waals surface area contributed by atoms with Crippen LogP contribution >= 0.6 is 0 Å². The minimum atomic E-state index is -0.554. The number of pyridine rings is 1. The summed E-state index contributed by atoms with van der Waals surface area (Å²) in [7, 11) is 0. The third kappa shape index (κ3) is 3.69. The maximum atomic E-state index is 12.2. The highest BCUT2D eigenvalue weighted by Crippen LogP contribution is 2.26. The third-order valence-electron chi connectivity index (χ3n) is 3.92. The number of carbonyl (C=O) groups excluding carboxylic acids is 1. The number of para-hydroxylation sites is 1. The molecule has 1 amide bonds. The standard InChI is InChI=1S/C20H24N4O2/c1-13-9-6-7-11-16(13)24-17(23-15-10-8-12-21-18(15)24)14(2)22-19(25)26-20(3,4)5/h6-12,14H,1-5H3,(H,22,25)/t14-/m0/s1. The van der Waals surface area contributed by atoms with Crippen LogP contribution in [0.15, 0.2) is 42.6 Å². The molecule has 0 aliphatic carbocycles. The van der Waals surface area contributed by atoms with E-state index < -0.39 is 11.7 Å². The highest BCUT2D eigenvalue weighted by Gasteiger charge is 2.23. The number of aryl methyl sites for hydroxylation is 1. The number of aromatic nitrogens is 3. The molecule has 0 radical (unpaired) electrons. The molecule has 0 saturated heterocycles. The number of nitrogens with zero attached hydrogens (tertiary/aromatic N) is 3. The van der Waals surface area contributed by atoms with Crippen LogP contribution < -0.4 is 5.32 Å². The fourth-order valence-corrected chi connectivity index (χ4v) is 2.82. The van der Waals surface area contributed by atoms with Crippen molar-refractivity contribution in [2.24, 2.45) is 0 Å². The van der Waals surface area contributed by atoms with Crippen molar-refractivity contribution in [1.29, 1.82) is 0 Å². The summed E-state index contributed by atoms with van der Waals surface area (Å²) in [5, 5.41) is 2.87. The number of fused-ring (bicyclic) bond motifs is 1.